The van der Waals surface area contributed by atoms with E-state index in [9.17, 15) is 0 Å². The number of hydrogen-bond donors (Lipinski definition) is 0. The lowest BCUT2D eigenvalue weighted by Crippen LogP contribution is -2.13. The standard InChI is InChI=1S/C23H37Br3OSi/c1-2-3-4-5-6-7-9-20-10-12-21(13-11-20)22-14-16-23(17-15-22)27-18-8-19-28(24,25)26/h14-17,20-21H,2-13,18-19H2,1H3. The molecule has 0 saturated heterocycles. The highest BCUT2D eigenvalue weighted by atomic mass is 80.0. The minimum absolute atomic E-state index is 0.761. The van der Waals surface area contributed by atoms with Crippen LogP contribution in [0.1, 0.15) is 95.5 Å². The van der Waals surface area contributed by atoms with E-state index in [4.69, 9.17) is 4.74 Å². The third-order valence-electron chi connectivity index (χ3n) is 6.04. The van der Waals surface area contributed by atoms with Gasteiger partial charge in [0.1, 0.15) is 5.75 Å². The van der Waals surface area contributed by atoms with Gasteiger partial charge in [-0.2, -0.15) is 0 Å². The second-order valence-corrected chi connectivity index (χ2v) is 31.9. The van der Waals surface area contributed by atoms with Crippen molar-refractivity contribution in [3.05, 3.63) is 29.8 Å². The number of hydrogen-bond acceptors (Lipinski definition) is 1. The molecule has 1 aromatic rings. The van der Waals surface area contributed by atoms with Crippen LogP contribution in [0.5, 0.6) is 5.75 Å². The fraction of sp³-hybridized carbons (Fsp3) is 0.739. The van der Waals surface area contributed by atoms with E-state index in [1.807, 2.05) is 0 Å². The summed E-state index contributed by atoms with van der Waals surface area (Å²) in [7, 11) is 0. The Bertz CT molecular complexity index is 522. The van der Waals surface area contributed by atoms with Crippen LogP contribution in [0.25, 0.3) is 0 Å². The largest absolute Gasteiger partial charge is 0.494 e. The van der Waals surface area contributed by atoms with Gasteiger partial charge in [-0.1, -0.05) is 110 Å². The first-order chi connectivity index (χ1) is 13.5. The predicted octanol–water partition coefficient (Wildman–Crippen LogP) is 9.60. The van der Waals surface area contributed by atoms with Crippen molar-refractivity contribution < 1.29 is 4.74 Å². The smallest absolute Gasteiger partial charge is 0.267 e. The molecule has 1 saturated carbocycles. The van der Waals surface area contributed by atoms with Gasteiger partial charge in [-0.15, -0.1) is 0 Å². The summed E-state index contributed by atoms with van der Waals surface area (Å²) in [4.78, 5) is 0. The van der Waals surface area contributed by atoms with Gasteiger partial charge in [0, 0.05) is 0 Å². The Balaban J connectivity index is 1.61. The van der Waals surface area contributed by atoms with Crippen molar-refractivity contribution in [1.82, 2.24) is 0 Å². The van der Waals surface area contributed by atoms with Crippen LogP contribution >= 0.6 is 45.9 Å². The summed E-state index contributed by atoms with van der Waals surface area (Å²) in [6, 6.07) is 10.0. The maximum Gasteiger partial charge on any atom is 0.267 e. The quantitative estimate of drug-likeness (QED) is 0.125. The summed E-state index contributed by atoms with van der Waals surface area (Å²) in [5, 5.41) is 0. The molecule has 0 atom stereocenters. The molecule has 1 aliphatic rings. The van der Waals surface area contributed by atoms with Gasteiger partial charge in [-0.05, 0) is 67.7 Å². The molecular formula is C23H37Br3OSi. The molecule has 28 heavy (non-hydrogen) atoms. The van der Waals surface area contributed by atoms with Crippen molar-refractivity contribution in [3.8, 4) is 5.75 Å². The third-order valence-corrected chi connectivity index (χ3v) is 10.5. The van der Waals surface area contributed by atoms with Crippen molar-refractivity contribution in [2.75, 3.05) is 6.61 Å². The molecule has 160 valence electrons. The molecule has 0 aliphatic heterocycles. The highest BCUT2D eigenvalue weighted by molar-refractivity contribution is 9.72. The first kappa shape index (κ1) is 24.9. The molecule has 1 aromatic carbocycles. The minimum atomic E-state index is -1.49. The minimum Gasteiger partial charge on any atom is -0.494 e. The number of benzene rings is 1. The van der Waals surface area contributed by atoms with Gasteiger partial charge < -0.3 is 4.74 Å². The fourth-order valence-electron chi connectivity index (χ4n) is 4.30. The van der Waals surface area contributed by atoms with E-state index in [-0.39, 0.29) is 0 Å². The van der Waals surface area contributed by atoms with Gasteiger partial charge in [0.05, 0.1) is 6.61 Å². The molecule has 0 unspecified atom stereocenters. The zero-order valence-electron chi connectivity index (χ0n) is 17.4. The van der Waals surface area contributed by atoms with E-state index in [1.54, 1.807) is 0 Å². The molecule has 2 rings (SSSR count). The first-order valence-electron chi connectivity index (χ1n) is 11.3. The SMILES string of the molecule is CCCCCCCCC1CCC(c2ccc(OCCC[Si](Br)(Br)Br)cc2)CC1. The monoisotopic (exact) mass is 594 g/mol. The predicted molar refractivity (Wildman–Crippen MR) is 137 cm³/mol. The normalized spacial score (nSPS) is 20.3. The van der Waals surface area contributed by atoms with E-state index in [2.05, 4.69) is 77.1 Å². The summed E-state index contributed by atoms with van der Waals surface area (Å²) in [6.45, 7) is 3.07. The Morgan fingerprint density at radius 2 is 1.50 bits per heavy atom. The van der Waals surface area contributed by atoms with Crippen LogP contribution in [0, 0.1) is 5.92 Å². The number of unbranched alkanes of at least 4 members (excludes halogenated alkanes) is 5. The Labute approximate surface area is 197 Å². The maximum atomic E-state index is 5.90. The van der Waals surface area contributed by atoms with Crippen LogP contribution in [-0.2, 0) is 0 Å². The van der Waals surface area contributed by atoms with Crippen LogP contribution in [0.2, 0.25) is 6.04 Å². The Morgan fingerprint density at radius 3 is 2.14 bits per heavy atom. The van der Waals surface area contributed by atoms with Crippen molar-refractivity contribution in [1.29, 1.82) is 0 Å². The average molecular weight is 597 g/mol. The van der Waals surface area contributed by atoms with Crippen LogP contribution < -0.4 is 4.74 Å². The number of halogens is 3. The van der Waals surface area contributed by atoms with Crippen LogP contribution in [0.3, 0.4) is 0 Å². The van der Waals surface area contributed by atoms with E-state index in [0.29, 0.717) is 0 Å². The lowest BCUT2D eigenvalue weighted by Gasteiger charge is -2.29. The molecule has 0 spiro atoms. The Kier molecular flexibility index (Phi) is 12.4. The van der Waals surface area contributed by atoms with Crippen molar-refractivity contribution >= 4 is 49.8 Å². The van der Waals surface area contributed by atoms with Gasteiger partial charge >= 0.3 is 0 Å². The highest BCUT2D eigenvalue weighted by Gasteiger charge is 2.22. The molecule has 1 fully saturated rings. The van der Waals surface area contributed by atoms with Gasteiger partial charge in [0.2, 0.25) is 0 Å². The van der Waals surface area contributed by atoms with Crippen LogP contribution in [0.4, 0.5) is 0 Å². The number of rotatable bonds is 13. The summed E-state index contributed by atoms with van der Waals surface area (Å²) in [5.74, 6) is 2.75. The van der Waals surface area contributed by atoms with Crippen LogP contribution in [-0.4, -0.2) is 10.5 Å². The maximum absolute atomic E-state index is 5.90. The molecule has 0 amide bonds. The van der Waals surface area contributed by atoms with E-state index < -0.39 is 3.93 Å². The zero-order chi connectivity index (χ0) is 20.2. The summed E-state index contributed by atoms with van der Waals surface area (Å²) >= 11 is 11.0. The third kappa shape index (κ3) is 10.6. The van der Waals surface area contributed by atoms with Gasteiger partial charge in [-0.25, -0.2) is 0 Å². The Hall–Kier alpha value is 0.677. The van der Waals surface area contributed by atoms with Crippen molar-refractivity contribution in [2.24, 2.45) is 5.92 Å². The molecule has 0 heterocycles. The molecule has 0 aromatic heterocycles. The lowest BCUT2D eigenvalue weighted by atomic mass is 9.77. The fourth-order valence-corrected chi connectivity index (χ4v) is 7.37. The molecule has 0 radical (unpaired) electrons. The average Bonchev–Trinajstić information content (AvgIpc) is 2.68. The van der Waals surface area contributed by atoms with Gasteiger partial charge in [0.15, 0.2) is 0 Å². The summed E-state index contributed by atoms with van der Waals surface area (Å²) in [5.41, 5.74) is 1.51. The highest BCUT2D eigenvalue weighted by Crippen LogP contribution is 2.38. The van der Waals surface area contributed by atoms with Crippen molar-refractivity contribution in [2.45, 2.75) is 95.9 Å². The second kappa shape index (κ2) is 13.9. The molecule has 5 heteroatoms. The Morgan fingerprint density at radius 1 is 0.857 bits per heavy atom. The van der Waals surface area contributed by atoms with Crippen LogP contribution in [0.15, 0.2) is 24.3 Å². The molecular weight excluding hydrogens is 560 g/mol. The molecule has 0 bridgehead atoms. The van der Waals surface area contributed by atoms with Gasteiger partial charge in [-0.3, -0.25) is 0 Å². The van der Waals surface area contributed by atoms with Gasteiger partial charge in [0.25, 0.3) is 3.93 Å². The number of ether oxygens (including phenoxy) is 1. The molecule has 1 nitrogen and oxygen atoms in total. The zero-order valence-corrected chi connectivity index (χ0v) is 23.2. The first-order valence-corrected chi connectivity index (χ1v) is 20.2. The second-order valence-electron chi connectivity index (χ2n) is 8.41. The van der Waals surface area contributed by atoms with Crippen molar-refractivity contribution in [3.63, 3.8) is 0 Å². The van der Waals surface area contributed by atoms with E-state index in [1.165, 1.54) is 76.2 Å². The van der Waals surface area contributed by atoms with E-state index in [0.717, 1.165) is 36.7 Å². The topological polar surface area (TPSA) is 9.23 Å². The molecule has 0 N–H and O–H groups in total. The summed E-state index contributed by atoms with van der Waals surface area (Å²) in [6.07, 6.45) is 16.7. The summed E-state index contributed by atoms with van der Waals surface area (Å²) < 4.78 is 4.41. The lowest BCUT2D eigenvalue weighted by molar-refractivity contribution is 0.301. The molecule has 1 aliphatic carbocycles. The van der Waals surface area contributed by atoms with E-state index >= 15 is 0 Å².